The van der Waals surface area contributed by atoms with Crippen LogP contribution in [0.1, 0.15) is 75.0 Å². The lowest BCUT2D eigenvalue weighted by Gasteiger charge is -2.41. The molecule has 0 spiro atoms. The van der Waals surface area contributed by atoms with E-state index in [4.69, 9.17) is 21.3 Å². The number of imide groups is 1. The average Bonchev–Trinajstić information content (AvgIpc) is 4.06. The van der Waals surface area contributed by atoms with Gasteiger partial charge in [0.1, 0.15) is 16.4 Å². The van der Waals surface area contributed by atoms with Gasteiger partial charge in [0, 0.05) is 62.2 Å². The van der Waals surface area contributed by atoms with Crippen LogP contribution in [-0.2, 0) is 23.7 Å². The molecule has 1 unspecified atom stereocenters. The zero-order valence-corrected chi connectivity index (χ0v) is 36.5. The summed E-state index contributed by atoms with van der Waals surface area (Å²) in [7, 11) is 3.17. The molecule has 7 heterocycles. The minimum Gasteiger partial charge on any atom is -0.480 e. The van der Waals surface area contributed by atoms with Crippen LogP contribution in [0, 0.1) is 29.4 Å². The van der Waals surface area contributed by atoms with Gasteiger partial charge in [0.15, 0.2) is 18.2 Å². The predicted molar refractivity (Wildman–Crippen MR) is 234 cm³/mol. The van der Waals surface area contributed by atoms with Crippen molar-refractivity contribution in [2.75, 3.05) is 54.9 Å². The highest BCUT2D eigenvalue weighted by Gasteiger charge is 2.51. The Balaban J connectivity index is 0.791. The van der Waals surface area contributed by atoms with Crippen LogP contribution in [0.5, 0.6) is 5.75 Å². The first kappa shape index (κ1) is 42.5. The number of carbonyl (C=O) groups excluding carboxylic acids is 2. The number of anilines is 4. The first-order valence-corrected chi connectivity index (χ1v) is 22.4. The number of halogens is 5. The Labute approximate surface area is 370 Å². The summed E-state index contributed by atoms with van der Waals surface area (Å²) in [6, 6.07) is 5.46. The number of benzene rings is 2. The Kier molecular flexibility index (Phi) is 10.7. The molecule has 1 saturated carbocycles. The van der Waals surface area contributed by atoms with Gasteiger partial charge in [-0.3, -0.25) is 24.4 Å². The van der Waals surface area contributed by atoms with Gasteiger partial charge in [-0.2, -0.15) is 10.1 Å². The maximum Gasteiger partial charge on any atom is 0.301 e. The first-order chi connectivity index (χ1) is 30.6. The average molecular weight is 905 g/mol. The molecule has 2 amide bonds. The van der Waals surface area contributed by atoms with Crippen molar-refractivity contribution in [1.29, 1.82) is 0 Å². The van der Waals surface area contributed by atoms with Gasteiger partial charge in [-0.05, 0) is 99.6 Å². The summed E-state index contributed by atoms with van der Waals surface area (Å²) in [5.74, 6) is -5.17. The van der Waals surface area contributed by atoms with E-state index in [-0.39, 0.29) is 70.1 Å². The third-order valence-electron chi connectivity index (χ3n) is 14.1. The highest BCUT2D eigenvalue weighted by atomic mass is 35.5. The maximum absolute atomic E-state index is 16.2. The molecule has 0 radical (unpaired) electrons. The Hall–Kier alpha value is -5.49. The van der Waals surface area contributed by atoms with E-state index in [1.165, 1.54) is 15.3 Å². The van der Waals surface area contributed by atoms with E-state index in [9.17, 15) is 14.4 Å². The van der Waals surface area contributed by atoms with Crippen LogP contribution in [0.15, 0.2) is 35.3 Å². The second-order valence-electron chi connectivity index (χ2n) is 18.3. The van der Waals surface area contributed by atoms with Gasteiger partial charge in [-0.15, -0.1) is 0 Å². The lowest BCUT2D eigenvalue weighted by molar-refractivity contribution is -0.134. The number of aromatic nitrogens is 5. The highest BCUT2D eigenvalue weighted by Crippen LogP contribution is 2.46. The summed E-state index contributed by atoms with van der Waals surface area (Å²) in [5, 5.41) is 14.1. The Morgan fingerprint density at radius 3 is 2.52 bits per heavy atom. The summed E-state index contributed by atoms with van der Waals surface area (Å²) in [6.07, 6.45) is 5.36. The number of rotatable bonds is 8. The van der Waals surface area contributed by atoms with Gasteiger partial charge in [-0.1, -0.05) is 18.5 Å². The molecule has 3 aromatic heterocycles. The smallest absolute Gasteiger partial charge is 0.301 e. The summed E-state index contributed by atoms with van der Waals surface area (Å²) < 4.78 is 70.7. The highest BCUT2D eigenvalue weighted by molar-refractivity contribution is 6.33. The number of nitrogens with zero attached hydrogens (tertiary/aromatic N) is 7. The standard InChI is InChI=1S/C45H49ClF4N10O4/c1-22-19-60(15-12-25(22)20-59-13-10-23(11-14-59)34-31(47)17-29-36(56-58(3)38(29)35(34)48)27-7-9-33(61)53-42(27)62)44-51-18-30(46)41(55-44)52-26-6-8-32-28(16-26)37-39(43(63)57(32)2)64-21-45(49,50)40(54-37)24-4-5-24/h6,8,16-18,22-25,27,40,54H,4-5,7,9-15,19-21H2,1-3H3,(H,51,52,55)(H,53,61,62)/t22-,25-,27?,40+/m1/s1. The molecule has 1 aliphatic carbocycles. The van der Waals surface area contributed by atoms with Gasteiger partial charge < -0.3 is 29.7 Å². The van der Waals surface area contributed by atoms with Crippen LogP contribution in [0.4, 0.5) is 40.7 Å². The SMILES string of the molecule is C[C@@H]1CN(c2ncc(Cl)c(Nc3ccc4c(c3)c3c(c(=O)n4C)OCC(F)(F)[C@H](C4CC4)N3)n2)CC[C@@H]1CN1CCC(c2c(F)cc3c(C4CCC(=O)NC4=O)nn(C)c3c2F)CC1. The lowest BCUT2D eigenvalue weighted by atomic mass is 9.84. The normalized spacial score (nSPS) is 24.3. The topological polar surface area (TPSA) is 152 Å². The molecule has 3 saturated heterocycles. The van der Waals surface area contributed by atoms with Crippen molar-refractivity contribution < 1.29 is 31.9 Å². The van der Waals surface area contributed by atoms with E-state index >= 15 is 17.6 Å². The van der Waals surface area contributed by atoms with Crippen molar-refractivity contribution in [3.05, 3.63) is 68.7 Å². The third kappa shape index (κ3) is 7.59. The number of fused-ring (bicyclic) bond motifs is 4. The molecule has 0 bridgehead atoms. The third-order valence-corrected chi connectivity index (χ3v) is 14.4. The molecule has 5 aliphatic rings. The summed E-state index contributed by atoms with van der Waals surface area (Å²) in [6.45, 7) is 5.00. The fourth-order valence-electron chi connectivity index (χ4n) is 10.4. The van der Waals surface area contributed by atoms with E-state index in [1.54, 1.807) is 38.5 Å². The Morgan fingerprint density at radius 2 is 1.78 bits per heavy atom. The van der Waals surface area contributed by atoms with Crippen LogP contribution >= 0.6 is 11.6 Å². The van der Waals surface area contributed by atoms with Crippen LogP contribution in [0.3, 0.4) is 0 Å². The molecule has 338 valence electrons. The van der Waals surface area contributed by atoms with Gasteiger partial charge in [0.05, 0.1) is 35.1 Å². The zero-order chi connectivity index (χ0) is 44.8. The van der Waals surface area contributed by atoms with Crippen molar-refractivity contribution >= 4 is 68.4 Å². The fourth-order valence-corrected chi connectivity index (χ4v) is 10.5. The number of carbonyl (C=O) groups is 2. The van der Waals surface area contributed by atoms with Crippen molar-refractivity contribution in [3.8, 4) is 5.75 Å². The molecule has 5 aromatic rings. The largest absolute Gasteiger partial charge is 0.480 e. The van der Waals surface area contributed by atoms with E-state index in [1.807, 2.05) is 0 Å². The van der Waals surface area contributed by atoms with Gasteiger partial charge in [0.25, 0.3) is 5.56 Å². The molecule has 4 fully saturated rings. The number of likely N-dealkylation sites (tertiary alicyclic amines) is 1. The first-order valence-electron chi connectivity index (χ1n) is 22.0. The number of hydrogen-bond donors (Lipinski definition) is 3. The zero-order valence-electron chi connectivity index (χ0n) is 35.7. The lowest BCUT2D eigenvalue weighted by Crippen LogP contribution is -2.45. The van der Waals surface area contributed by atoms with Crippen molar-refractivity contribution in [1.82, 2.24) is 34.5 Å². The predicted octanol–water partition coefficient (Wildman–Crippen LogP) is 6.97. The molecular weight excluding hydrogens is 856 g/mol. The van der Waals surface area contributed by atoms with E-state index in [2.05, 4.69) is 42.8 Å². The second kappa shape index (κ2) is 16.2. The summed E-state index contributed by atoms with van der Waals surface area (Å²) >= 11 is 6.64. The molecule has 3 N–H and O–H groups in total. The molecule has 2 aromatic carbocycles. The number of aryl methyl sites for hydroxylation is 2. The summed E-state index contributed by atoms with van der Waals surface area (Å²) in [5.41, 5.74) is 1.39. The minimum atomic E-state index is -3.15. The van der Waals surface area contributed by atoms with Crippen molar-refractivity contribution in [3.63, 3.8) is 0 Å². The van der Waals surface area contributed by atoms with Crippen LogP contribution < -0.4 is 31.1 Å². The minimum absolute atomic E-state index is 0.0614. The maximum atomic E-state index is 16.2. The Morgan fingerprint density at radius 1 is 1.00 bits per heavy atom. The Bertz CT molecular complexity index is 2770. The monoisotopic (exact) mass is 904 g/mol. The van der Waals surface area contributed by atoms with Crippen LogP contribution in [0.2, 0.25) is 5.02 Å². The number of hydrogen-bond acceptors (Lipinski definition) is 11. The molecule has 14 nitrogen and oxygen atoms in total. The van der Waals surface area contributed by atoms with Gasteiger partial charge in [-0.25, -0.2) is 22.5 Å². The molecule has 19 heteroatoms. The molecular formula is C45H49ClF4N10O4. The van der Waals surface area contributed by atoms with E-state index in [0.717, 1.165) is 13.0 Å². The molecule has 4 aliphatic heterocycles. The van der Waals surface area contributed by atoms with Crippen LogP contribution in [-0.4, -0.2) is 92.3 Å². The molecule has 64 heavy (non-hydrogen) atoms. The number of alkyl halides is 2. The fraction of sp³-hybridized carbons (Fsp3) is 0.511. The van der Waals surface area contributed by atoms with E-state index < -0.39 is 47.6 Å². The van der Waals surface area contributed by atoms with E-state index in [0.29, 0.717) is 91.2 Å². The summed E-state index contributed by atoms with van der Waals surface area (Å²) in [4.78, 5) is 51.5. The number of amides is 2. The number of piperidine rings is 3. The van der Waals surface area contributed by atoms with Crippen molar-refractivity contribution in [2.24, 2.45) is 31.8 Å². The number of ether oxygens (including phenoxy) is 1. The molecule has 10 rings (SSSR count). The molecule has 4 atom stereocenters. The van der Waals surface area contributed by atoms with Gasteiger partial charge in [0.2, 0.25) is 23.5 Å². The number of pyridine rings is 1. The quantitative estimate of drug-likeness (QED) is 0.109. The number of nitrogens with one attached hydrogen (secondary N) is 3. The van der Waals surface area contributed by atoms with Gasteiger partial charge >= 0.3 is 5.92 Å². The van der Waals surface area contributed by atoms with Crippen molar-refractivity contribution in [2.45, 2.75) is 75.7 Å². The van der Waals surface area contributed by atoms with Crippen LogP contribution in [0.25, 0.3) is 21.8 Å². The second-order valence-corrected chi connectivity index (χ2v) is 18.7.